The minimum absolute atomic E-state index is 0. The predicted octanol–water partition coefficient (Wildman–Crippen LogP) is -1.25. The molecule has 0 aromatic heterocycles. The summed E-state index contributed by atoms with van der Waals surface area (Å²) in [5.74, 6) is 0. The molecule has 0 saturated carbocycles. The SMILES string of the molecule is C[CH-]C.O.O.O.[Fe].[Fe].[Ti]. The van der Waals surface area contributed by atoms with E-state index in [0.29, 0.717) is 0 Å². The summed E-state index contributed by atoms with van der Waals surface area (Å²) in [5, 5.41) is 0. The molecule has 6 heteroatoms. The van der Waals surface area contributed by atoms with Gasteiger partial charge in [-0.15, -0.1) is 0 Å². The summed E-state index contributed by atoms with van der Waals surface area (Å²) in [6, 6.07) is 0. The zero-order valence-electron chi connectivity index (χ0n) is 5.28. The van der Waals surface area contributed by atoms with E-state index in [0.717, 1.165) is 0 Å². The summed E-state index contributed by atoms with van der Waals surface area (Å²) in [5.41, 5.74) is 0. The summed E-state index contributed by atoms with van der Waals surface area (Å²) in [6.45, 7) is 4.00. The minimum atomic E-state index is 0. The Hall–Kier alpha value is 1.63. The molecule has 0 amide bonds. The smallest absolute Gasteiger partial charge is 0 e. The van der Waals surface area contributed by atoms with Crippen molar-refractivity contribution in [1.82, 2.24) is 0 Å². The van der Waals surface area contributed by atoms with Crippen LogP contribution < -0.4 is 0 Å². The monoisotopic (exact) mass is 257 g/mol. The second kappa shape index (κ2) is 104. The van der Waals surface area contributed by atoms with Crippen LogP contribution >= 0.6 is 0 Å². The fraction of sp³-hybridized carbons (Fsp3) is 0.667. The molecular formula is C3H13Fe2O3Ti-. The van der Waals surface area contributed by atoms with Crippen LogP contribution in [0.1, 0.15) is 13.8 Å². The van der Waals surface area contributed by atoms with Gasteiger partial charge in [0, 0.05) is 55.9 Å². The van der Waals surface area contributed by atoms with E-state index in [2.05, 4.69) is 0 Å². The van der Waals surface area contributed by atoms with E-state index < -0.39 is 0 Å². The fourth-order valence-electron chi connectivity index (χ4n) is 0. The molecule has 0 aliphatic carbocycles. The average Bonchev–Trinajstić information content (AvgIpc) is 0.918. The fourth-order valence-corrected chi connectivity index (χ4v) is 0. The Labute approximate surface area is 92.1 Å². The van der Waals surface area contributed by atoms with Crippen molar-refractivity contribution in [3.8, 4) is 0 Å². The molecule has 3 nitrogen and oxygen atoms in total. The molecule has 0 bridgehead atoms. The van der Waals surface area contributed by atoms with Crippen LogP contribution in [0.4, 0.5) is 0 Å². The maximum atomic E-state index is 2.00. The van der Waals surface area contributed by atoms with Gasteiger partial charge in [-0.25, -0.2) is 0 Å². The van der Waals surface area contributed by atoms with E-state index in [1.807, 2.05) is 20.3 Å². The van der Waals surface area contributed by atoms with Crippen LogP contribution in [0.5, 0.6) is 0 Å². The van der Waals surface area contributed by atoms with Crippen molar-refractivity contribution in [3.05, 3.63) is 6.42 Å². The molecule has 0 radical (unpaired) electrons. The first kappa shape index (κ1) is 74.8. The first-order valence-corrected chi connectivity index (χ1v) is 1.15. The van der Waals surface area contributed by atoms with Crippen molar-refractivity contribution in [2.45, 2.75) is 13.8 Å². The maximum Gasteiger partial charge on any atom is 0 e. The van der Waals surface area contributed by atoms with E-state index in [1.165, 1.54) is 0 Å². The standard InChI is InChI=1S/C3H7.2Fe.3H2O.Ti/c1-3-2;;;;;;/h3H,1-2H3;;;3*1H2;/q-1;;;;;;. The van der Waals surface area contributed by atoms with Crippen molar-refractivity contribution < 1.29 is 72.3 Å². The molecule has 0 atom stereocenters. The van der Waals surface area contributed by atoms with E-state index in [-0.39, 0.29) is 72.3 Å². The zero-order valence-corrected chi connectivity index (χ0v) is 9.05. The molecule has 6 N–H and O–H groups in total. The number of hydrogen-bond donors (Lipinski definition) is 0. The summed E-state index contributed by atoms with van der Waals surface area (Å²) >= 11 is 0. The van der Waals surface area contributed by atoms with Crippen molar-refractivity contribution in [3.63, 3.8) is 0 Å². The van der Waals surface area contributed by atoms with Gasteiger partial charge < -0.3 is 22.8 Å². The van der Waals surface area contributed by atoms with Gasteiger partial charge in [0.25, 0.3) is 0 Å². The Bertz CT molecular complexity index is 17.0. The number of hydrogen-bond acceptors (Lipinski definition) is 0. The molecule has 0 aliphatic heterocycles. The molecular weight excluding hydrogens is 244 g/mol. The van der Waals surface area contributed by atoms with Crippen LogP contribution in [-0.4, -0.2) is 16.4 Å². The van der Waals surface area contributed by atoms with Gasteiger partial charge >= 0.3 is 0 Å². The second-order valence-corrected chi connectivity index (χ2v) is 0.577. The molecule has 0 unspecified atom stereocenters. The molecule has 0 aromatic rings. The first-order valence-electron chi connectivity index (χ1n) is 1.15. The topological polar surface area (TPSA) is 94.5 Å². The van der Waals surface area contributed by atoms with Crippen LogP contribution in [0.2, 0.25) is 0 Å². The van der Waals surface area contributed by atoms with Crippen molar-refractivity contribution in [1.29, 1.82) is 0 Å². The van der Waals surface area contributed by atoms with Gasteiger partial charge in [0.1, 0.15) is 0 Å². The number of rotatable bonds is 0. The van der Waals surface area contributed by atoms with Crippen LogP contribution in [0.15, 0.2) is 0 Å². The Kier molecular flexibility index (Phi) is 860. The third kappa shape index (κ3) is 210. The quantitative estimate of drug-likeness (QED) is 0.382. The largest absolute Gasteiger partial charge is 0.412 e. The van der Waals surface area contributed by atoms with Crippen LogP contribution in [-0.2, 0) is 55.9 Å². The first-order chi connectivity index (χ1) is 1.41. The average molecular weight is 257 g/mol. The summed E-state index contributed by atoms with van der Waals surface area (Å²) in [6.07, 6.45) is 2.00. The van der Waals surface area contributed by atoms with Crippen molar-refractivity contribution in [2.75, 3.05) is 0 Å². The third-order valence-electron chi connectivity index (χ3n) is 0. The molecule has 64 valence electrons. The van der Waals surface area contributed by atoms with Crippen molar-refractivity contribution >= 4 is 0 Å². The van der Waals surface area contributed by atoms with E-state index >= 15 is 0 Å². The Morgan fingerprint density at radius 1 is 0.778 bits per heavy atom. The second-order valence-electron chi connectivity index (χ2n) is 0.577. The van der Waals surface area contributed by atoms with Crippen LogP contribution in [0.25, 0.3) is 0 Å². The molecule has 9 heavy (non-hydrogen) atoms. The Morgan fingerprint density at radius 2 is 0.778 bits per heavy atom. The summed E-state index contributed by atoms with van der Waals surface area (Å²) in [7, 11) is 0. The molecule has 0 heterocycles. The Balaban J connectivity index is -0.00000000133. The molecule has 0 aromatic carbocycles. The van der Waals surface area contributed by atoms with Gasteiger partial charge in [-0.3, -0.25) is 0 Å². The molecule has 0 spiro atoms. The van der Waals surface area contributed by atoms with E-state index in [4.69, 9.17) is 0 Å². The normalized spacial score (nSPS) is 2.00. The van der Waals surface area contributed by atoms with Gasteiger partial charge in [0.15, 0.2) is 0 Å². The molecule has 0 aliphatic rings. The maximum absolute atomic E-state index is 2.00. The van der Waals surface area contributed by atoms with Crippen LogP contribution in [0, 0.1) is 6.42 Å². The zero-order chi connectivity index (χ0) is 2.71. The predicted molar refractivity (Wildman–Crippen MR) is 26.5 cm³/mol. The van der Waals surface area contributed by atoms with Gasteiger partial charge in [0.2, 0.25) is 0 Å². The van der Waals surface area contributed by atoms with E-state index in [9.17, 15) is 0 Å². The molecule has 0 fully saturated rings. The van der Waals surface area contributed by atoms with Gasteiger partial charge in [-0.1, -0.05) is 0 Å². The van der Waals surface area contributed by atoms with Crippen LogP contribution in [0.3, 0.4) is 0 Å². The van der Waals surface area contributed by atoms with Gasteiger partial charge in [0.05, 0.1) is 0 Å². The van der Waals surface area contributed by atoms with Gasteiger partial charge in [-0.2, -0.15) is 13.8 Å². The van der Waals surface area contributed by atoms with Crippen molar-refractivity contribution in [2.24, 2.45) is 0 Å². The Morgan fingerprint density at radius 3 is 0.778 bits per heavy atom. The third-order valence-corrected chi connectivity index (χ3v) is 0. The minimum Gasteiger partial charge on any atom is -0.412 e. The summed E-state index contributed by atoms with van der Waals surface area (Å²) < 4.78 is 0. The molecule has 0 rings (SSSR count). The summed E-state index contributed by atoms with van der Waals surface area (Å²) in [4.78, 5) is 0. The van der Waals surface area contributed by atoms with E-state index in [1.54, 1.807) is 0 Å². The molecule has 0 saturated heterocycles. The van der Waals surface area contributed by atoms with Gasteiger partial charge in [-0.05, 0) is 0 Å².